The zero-order valence-electron chi connectivity index (χ0n) is 12.9. The molecule has 0 spiro atoms. The van der Waals surface area contributed by atoms with Crippen LogP contribution in [-0.2, 0) is 7.05 Å². The Morgan fingerprint density at radius 1 is 1.13 bits per heavy atom. The third-order valence-electron chi connectivity index (χ3n) is 2.89. The maximum absolute atomic E-state index is 11.9. The number of amides is 3. The highest BCUT2D eigenvalue weighted by Gasteiger charge is 2.12. The number of hydrogen-bond donors (Lipinski definition) is 3. The normalized spacial score (nSPS) is 9.87. The van der Waals surface area contributed by atoms with Gasteiger partial charge in [0.2, 0.25) is 0 Å². The number of benzene rings is 1. The monoisotopic (exact) mass is 319 g/mol. The standard InChI is InChI=1S/C14H17N5O4/c1-19-7-6-10(18-19)13(20)16-17-14(21)15-11-8-9(22-2)4-5-12(11)23-3/h4-8H,1-3H3,(H,16,20)(H2,15,17,21). The lowest BCUT2D eigenvalue weighted by Crippen LogP contribution is -2.44. The number of hydrogen-bond acceptors (Lipinski definition) is 5. The fourth-order valence-electron chi connectivity index (χ4n) is 1.78. The number of ether oxygens (including phenoxy) is 2. The molecule has 0 saturated heterocycles. The Hall–Kier alpha value is -3.23. The van der Waals surface area contributed by atoms with Crippen LogP contribution in [0.15, 0.2) is 30.5 Å². The van der Waals surface area contributed by atoms with E-state index < -0.39 is 11.9 Å². The minimum atomic E-state index is -0.638. The van der Waals surface area contributed by atoms with E-state index in [4.69, 9.17) is 9.47 Å². The van der Waals surface area contributed by atoms with Crippen LogP contribution in [0.5, 0.6) is 11.5 Å². The van der Waals surface area contributed by atoms with Gasteiger partial charge in [0.05, 0.1) is 19.9 Å². The van der Waals surface area contributed by atoms with E-state index in [9.17, 15) is 9.59 Å². The van der Waals surface area contributed by atoms with Gasteiger partial charge in [0.1, 0.15) is 11.5 Å². The SMILES string of the molecule is COc1ccc(OC)c(NC(=O)NNC(=O)c2ccn(C)n2)c1. The van der Waals surface area contributed by atoms with Crippen LogP contribution in [-0.4, -0.2) is 35.9 Å². The third kappa shape index (κ3) is 4.13. The molecule has 2 aromatic rings. The number of nitrogens with one attached hydrogen (secondary N) is 3. The van der Waals surface area contributed by atoms with Crippen molar-refractivity contribution < 1.29 is 19.1 Å². The van der Waals surface area contributed by atoms with Crippen molar-refractivity contribution in [2.24, 2.45) is 7.05 Å². The van der Waals surface area contributed by atoms with Gasteiger partial charge in [-0.3, -0.25) is 14.9 Å². The zero-order chi connectivity index (χ0) is 16.8. The number of urea groups is 1. The molecule has 1 heterocycles. The van der Waals surface area contributed by atoms with E-state index in [1.807, 2.05) is 0 Å². The molecule has 0 aliphatic rings. The summed E-state index contributed by atoms with van der Waals surface area (Å²) in [6.45, 7) is 0. The molecule has 3 N–H and O–H groups in total. The number of carbonyl (C=O) groups excluding carboxylic acids is 2. The van der Waals surface area contributed by atoms with Gasteiger partial charge in [0, 0.05) is 19.3 Å². The molecule has 0 bridgehead atoms. The molecular weight excluding hydrogens is 302 g/mol. The van der Waals surface area contributed by atoms with E-state index >= 15 is 0 Å². The summed E-state index contributed by atoms with van der Waals surface area (Å²) in [5.74, 6) is 0.481. The highest BCUT2D eigenvalue weighted by molar-refractivity contribution is 5.96. The molecule has 0 radical (unpaired) electrons. The lowest BCUT2D eigenvalue weighted by molar-refractivity contribution is 0.0932. The van der Waals surface area contributed by atoms with E-state index in [0.717, 1.165) is 0 Å². The molecular formula is C14H17N5O4. The number of carbonyl (C=O) groups is 2. The van der Waals surface area contributed by atoms with Crippen LogP contribution < -0.4 is 25.6 Å². The summed E-state index contributed by atoms with van der Waals surface area (Å²) >= 11 is 0. The van der Waals surface area contributed by atoms with E-state index in [2.05, 4.69) is 21.3 Å². The first-order valence-electron chi connectivity index (χ1n) is 6.62. The summed E-state index contributed by atoms with van der Waals surface area (Å²) in [7, 11) is 4.68. The number of anilines is 1. The summed E-state index contributed by atoms with van der Waals surface area (Å²) < 4.78 is 11.7. The Labute approximate surface area is 132 Å². The molecule has 3 amide bonds. The molecule has 0 saturated carbocycles. The Morgan fingerprint density at radius 2 is 1.91 bits per heavy atom. The highest BCUT2D eigenvalue weighted by Crippen LogP contribution is 2.28. The predicted octanol–water partition coefficient (Wildman–Crippen LogP) is 0.904. The molecule has 0 aliphatic heterocycles. The summed E-state index contributed by atoms with van der Waals surface area (Å²) in [6, 6.07) is 5.84. The average Bonchev–Trinajstić information content (AvgIpc) is 2.99. The molecule has 1 aromatic carbocycles. The van der Waals surface area contributed by atoms with Crippen molar-refractivity contribution in [2.75, 3.05) is 19.5 Å². The van der Waals surface area contributed by atoms with Crippen molar-refractivity contribution in [1.29, 1.82) is 0 Å². The molecule has 122 valence electrons. The maximum atomic E-state index is 11.9. The van der Waals surface area contributed by atoms with Crippen molar-refractivity contribution in [1.82, 2.24) is 20.6 Å². The highest BCUT2D eigenvalue weighted by atomic mass is 16.5. The van der Waals surface area contributed by atoms with Crippen molar-refractivity contribution in [3.63, 3.8) is 0 Å². The van der Waals surface area contributed by atoms with Crippen LogP contribution in [0.3, 0.4) is 0 Å². The average molecular weight is 319 g/mol. The van der Waals surface area contributed by atoms with Gasteiger partial charge in [-0.25, -0.2) is 10.2 Å². The summed E-state index contributed by atoms with van der Waals surface area (Å²) in [5, 5.41) is 6.47. The van der Waals surface area contributed by atoms with Gasteiger partial charge in [0.25, 0.3) is 5.91 Å². The van der Waals surface area contributed by atoms with Crippen molar-refractivity contribution in [3.05, 3.63) is 36.2 Å². The summed E-state index contributed by atoms with van der Waals surface area (Å²) in [4.78, 5) is 23.6. The molecule has 9 nitrogen and oxygen atoms in total. The van der Waals surface area contributed by atoms with Gasteiger partial charge in [-0.1, -0.05) is 0 Å². The van der Waals surface area contributed by atoms with Crippen molar-refractivity contribution in [2.45, 2.75) is 0 Å². The van der Waals surface area contributed by atoms with Crippen molar-refractivity contribution >= 4 is 17.6 Å². The van der Waals surface area contributed by atoms with Crippen LogP contribution in [0.25, 0.3) is 0 Å². The Kier molecular flexibility index (Phi) is 5.03. The molecule has 1 aromatic heterocycles. The first-order chi connectivity index (χ1) is 11.0. The molecule has 0 fully saturated rings. The first kappa shape index (κ1) is 16.1. The van der Waals surface area contributed by atoms with E-state index in [1.165, 1.54) is 25.0 Å². The molecule has 2 rings (SSSR count). The number of aryl methyl sites for hydroxylation is 1. The Balaban J connectivity index is 1.95. The fourth-order valence-corrected chi connectivity index (χ4v) is 1.78. The minimum absolute atomic E-state index is 0.187. The van der Waals surface area contributed by atoms with Crippen LogP contribution in [0.4, 0.5) is 10.5 Å². The topological polar surface area (TPSA) is 107 Å². The molecule has 0 unspecified atom stereocenters. The van der Waals surface area contributed by atoms with Crippen LogP contribution in [0.1, 0.15) is 10.5 Å². The maximum Gasteiger partial charge on any atom is 0.338 e. The van der Waals surface area contributed by atoms with Gasteiger partial charge in [-0.2, -0.15) is 5.10 Å². The van der Waals surface area contributed by atoms with Crippen LogP contribution in [0, 0.1) is 0 Å². The van der Waals surface area contributed by atoms with Crippen molar-refractivity contribution in [3.8, 4) is 11.5 Å². The molecule has 23 heavy (non-hydrogen) atoms. The largest absolute Gasteiger partial charge is 0.497 e. The number of rotatable bonds is 4. The number of nitrogens with zero attached hydrogens (tertiary/aromatic N) is 2. The zero-order valence-corrected chi connectivity index (χ0v) is 12.9. The summed E-state index contributed by atoms with van der Waals surface area (Å²) in [6.07, 6.45) is 1.62. The third-order valence-corrected chi connectivity index (χ3v) is 2.89. The number of aromatic nitrogens is 2. The van der Waals surface area contributed by atoms with Gasteiger partial charge in [-0.05, 0) is 18.2 Å². The van der Waals surface area contributed by atoms with Gasteiger partial charge >= 0.3 is 6.03 Å². The van der Waals surface area contributed by atoms with Gasteiger partial charge < -0.3 is 14.8 Å². The van der Waals surface area contributed by atoms with Gasteiger partial charge in [-0.15, -0.1) is 0 Å². The second-order valence-electron chi connectivity index (χ2n) is 4.47. The lowest BCUT2D eigenvalue weighted by Gasteiger charge is -2.12. The van der Waals surface area contributed by atoms with E-state index in [0.29, 0.717) is 17.2 Å². The van der Waals surface area contributed by atoms with E-state index in [1.54, 1.807) is 31.4 Å². The lowest BCUT2D eigenvalue weighted by atomic mass is 10.2. The van der Waals surface area contributed by atoms with Crippen LogP contribution >= 0.6 is 0 Å². The number of hydrazine groups is 1. The van der Waals surface area contributed by atoms with E-state index in [-0.39, 0.29) is 5.69 Å². The smallest absolute Gasteiger partial charge is 0.338 e. The van der Waals surface area contributed by atoms with Crippen LogP contribution in [0.2, 0.25) is 0 Å². The Morgan fingerprint density at radius 3 is 2.52 bits per heavy atom. The number of methoxy groups -OCH3 is 2. The molecule has 9 heteroatoms. The Bertz CT molecular complexity index is 713. The minimum Gasteiger partial charge on any atom is -0.497 e. The fraction of sp³-hybridized carbons (Fsp3) is 0.214. The molecule has 0 atom stereocenters. The second kappa shape index (κ2) is 7.16. The first-order valence-corrected chi connectivity index (χ1v) is 6.62. The second-order valence-corrected chi connectivity index (χ2v) is 4.47. The van der Waals surface area contributed by atoms with Gasteiger partial charge in [0.15, 0.2) is 5.69 Å². The summed E-state index contributed by atoms with van der Waals surface area (Å²) in [5.41, 5.74) is 5.07. The molecule has 0 aliphatic carbocycles. The quantitative estimate of drug-likeness (QED) is 0.726. The predicted molar refractivity (Wildman–Crippen MR) is 82.4 cm³/mol.